The van der Waals surface area contributed by atoms with Gasteiger partial charge in [-0.2, -0.15) is 0 Å². The fraction of sp³-hybridized carbons (Fsp3) is 0.316. The van der Waals surface area contributed by atoms with Crippen LogP contribution >= 0.6 is 11.6 Å². The van der Waals surface area contributed by atoms with Crippen molar-refractivity contribution in [2.24, 2.45) is 0 Å². The summed E-state index contributed by atoms with van der Waals surface area (Å²) in [4.78, 5) is 7.31. The number of nitrogens with one attached hydrogen (secondary N) is 3. The van der Waals surface area contributed by atoms with E-state index < -0.39 is 11.6 Å². The number of hydrogen-bond donors (Lipinski definition) is 3. The largest absolute Gasteiger partial charge is 0.490 e. The number of fused-ring (bicyclic) bond motifs is 1. The first kappa shape index (κ1) is 19.5. The van der Waals surface area contributed by atoms with Crippen molar-refractivity contribution in [3.8, 4) is 17.1 Å². The molecule has 0 saturated heterocycles. The normalized spacial score (nSPS) is 11.3. The fourth-order valence-electron chi connectivity index (χ4n) is 2.62. The van der Waals surface area contributed by atoms with E-state index in [2.05, 4.69) is 20.6 Å². The van der Waals surface area contributed by atoms with Crippen molar-refractivity contribution in [1.29, 1.82) is 0 Å². The van der Waals surface area contributed by atoms with Crippen LogP contribution in [0.15, 0.2) is 30.3 Å². The Morgan fingerprint density at radius 1 is 1.11 bits per heavy atom. The maximum atomic E-state index is 14.3. The molecule has 144 valence electrons. The molecular formula is C19H21ClF2N4O. The lowest BCUT2D eigenvalue weighted by Gasteiger charge is -2.09. The molecule has 0 atom stereocenters. The third-order valence-electron chi connectivity index (χ3n) is 4.04. The van der Waals surface area contributed by atoms with Crippen LogP contribution in [-0.4, -0.2) is 43.3 Å². The number of likely N-dealkylation sites (N-methyl/N-ethyl adjacent to an activating group) is 1. The van der Waals surface area contributed by atoms with Gasteiger partial charge in [0.15, 0.2) is 11.6 Å². The van der Waals surface area contributed by atoms with Gasteiger partial charge in [-0.3, -0.25) is 0 Å². The molecule has 3 aromatic rings. The van der Waals surface area contributed by atoms with E-state index in [1.165, 1.54) is 18.2 Å². The third-order valence-corrected chi connectivity index (χ3v) is 4.33. The molecule has 1 heterocycles. The van der Waals surface area contributed by atoms with Crippen molar-refractivity contribution in [1.82, 2.24) is 20.6 Å². The Balaban J connectivity index is 1.63. The standard InChI is InChI=1S/C19H21ClF2N4O/c1-23-6-7-24-5-2-8-27-18-4-3-12(9-15(18)22)19-25-16-10-13(20)14(21)11-17(16)26-19/h3-4,9-11,23-24H,2,5-8H2,1H3,(H,25,26). The molecule has 0 unspecified atom stereocenters. The van der Waals surface area contributed by atoms with Gasteiger partial charge in [-0.25, -0.2) is 13.8 Å². The van der Waals surface area contributed by atoms with Crippen LogP contribution in [0, 0.1) is 11.6 Å². The van der Waals surface area contributed by atoms with E-state index in [9.17, 15) is 8.78 Å². The molecular weight excluding hydrogens is 374 g/mol. The SMILES string of the molecule is CNCCNCCCOc1ccc(-c2nc3cc(Cl)c(F)cc3[nH]2)cc1F. The lowest BCUT2D eigenvalue weighted by atomic mass is 10.2. The van der Waals surface area contributed by atoms with E-state index in [4.69, 9.17) is 16.3 Å². The molecule has 0 bridgehead atoms. The number of halogens is 3. The van der Waals surface area contributed by atoms with E-state index in [1.807, 2.05) is 7.05 Å². The number of ether oxygens (including phenoxy) is 1. The average Bonchev–Trinajstić information content (AvgIpc) is 3.05. The van der Waals surface area contributed by atoms with E-state index in [0.717, 1.165) is 26.1 Å². The second kappa shape index (κ2) is 9.12. The van der Waals surface area contributed by atoms with Gasteiger partial charge in [0.25, 0.3) is 0 Å². The van der Waals surface area contributed by atoms with Gasteiger partial charge in [0.2, 0.25) is 0 Å². The van der Waals surface area contributed by atoms with Crippen LogP contribution in [0.3, 0.4) is 0 Å². The maximum absolute atomic E-state index is 14.3. The van der Waals surface area contributed by atoms with Crippen LogP contribution in [0.2, 0.25) is 5.02 Å². The summed E-state index contributed by atoms with van der Waals surface area (Å²) in [6, 6.07) is 7.33. The smallest absolute Gasteiger partial charge is 0.165 e. The maximum Gasteiger partial charge on any atom is 0.165 e. The molecule has 0 fully saturated rings. The molecule has 0 spiro atoms. The number of benzene rings is 2. The molecule has 0 radical (unpaired) electrons. The topological polar surface area (TPSA) is 62.0 Å². The van der Waals surface area contributed by atoms with Gasteiger partial charge in [0, 0.05) is 24.7 Å². The zero-order valence-electron chi connectivity index (χ0n) is 14.9. The summed E-state index contributed by atoms with van der Waals surface area (Å²) in [5, 5.41) is 6.30. The second-order valence-corrected chi connectivity index (χ2v) is 6.48. The van der Waals surface area contributed by atoms with Crippen molar-refractivity contribution in [3.05, 3.63) is 47.0 Å². The van der Waals surface area contributed by atoms with Gasteiger partial charge in [0.05, 0.1) is 22.7 Å². The Labute approximate surface area is 161 Å². The van der Waals surface area contributed by atoms with Gasteiger partial charge in [-0.1, -0.05) is 11.6 Å². The van der Waals surface area contributed by atoms with Gasteiger partial charge >= 0.3 is 0 Å². The van der Waals surface area contributed by atoms with Crippen LogP contribution in [0.1, 0.15) is 6.42 Å². The molecule has 0 aliphatic rings. The van der Waals surface area contributed by atoms with Crippen LogP contribution in [0.25, 0.3) is 22.4 Å². The molecule has 27 heavy (non-hydrogen) atoms. The molecule has 5 nitrogen and oxygen atoms in total. The molecule has 2 aromatic carbocycles. The average molecular weight is 395 g/mol. The number of rotatable bonds is 9. The van der Waals surface area contributed by atoms with Crippen molar-refractivity contribution < 1.29 is 13.5 Å². The zero-order chi connectivity index (χ0) is 19.2. The monoisotopic (exact) mass is 394 g/mol. The minimum atomic E-state index is -0.533. The van der Waals surface area contributed by atoms with E-state index in [-0.39, 0.29) is 10.8 Å². The molecule has 0 aliphatic carbocycles. The second-order valence-electron chi connectivity index (χ2n) is 6.07. The Morgan fingerprint density at radius 2 is 1.96 bits per heavy atom. The first-order valence-corrected chi connectivity index (χ1v) is 9.09. The number of aromatic nitrogens is 2. The van der Waals surface area contributed by atoms with Crippen LogP contribution in [0.5, 0.6) is 5.75 Å². The highest BCUT2D eigenvalue weighted by Gasteiger charge is 2.12. The third kappa shape index (κ3) is 4.94. The lowest BCUT2D eigenvalue weighted by molar-refractivity contribution is 0.293. The number of nitrogens with zero attached hydrogens (tertiary/aromatic N) is 1. The van der Waals surface area contributed by atoms with Crippen LogP contribution in [-0.2, 0) is 0 Å². The Morgan fingerprint density at radius 3 is 2.74 bits per heavy atom. The first-order valence-electron chi connectivity index (χ1n) is 8.71. The summed E-state index contributed by atoms with van der Waals surface area (Å²) in [6.07, 6.45) is 0.779. The molecule has 8 heteroatoms. The van der Waals surface area contributed by atoms with Gasteiger partial charge in [-0.05, 0) is 44.3 Å². The van der Waals surface area contributed by atoms with E-state index >= 15 is 0 Å². The summed E-state index contributed by atoms with van der Waals surface area (Å²) in [6.45, 7) is 3.01. The number of imidazole rings is 1. The number of H-pyrrole nitrogens is 1. The molecule has 0 aliphatic heterocycles. The zero-order valence-corrected chi connectivity index (χ0v) is 15.7. The Bertz CT molecular complexity index is 877. The van der Waals surface area contributed by atoms with Crippen molar-refractivity contribution >= 4 is 22.6 Å². The predicted octanol–water partition coefficient (Wildman–Crippen LogP) is 3.74. The molecule has 1 aromatic heterocycles. The highest BCUT2D eigenvalue weighted by molar-refractivity contribution is 6.31. The first-order chi connectivity index (χ1) is 13.1. The Kier molecular flexibility index (Phi) is 6.60. The van der Waals surface area contributed by atoms with Gasteiger partial charge in [0.1, 0.15) is 11.6 Å². The highest BCUT2D eigenvalue weighted by atomic mass is 35.5. The molecule has 3 rings (SSSR count). The van der Waals surface area contributed by atoms with Crippen molar-refractivity contribution in [3.63, 3.8) is 0 Å². The van der Waals surface area contributed by atoms with Crippen molar-refractivity contribution in [2.45, 2.75) is 6.42 Å². The lowest BCUT2D eigenvalue weighted by Crippen LogP contribution is -2.26. The summed E-state index contributed by atoms with van der Waals surface area (Å²) in [7, 11) is 1.90. The van der Waals surface area contributed by atoms with Gasteiger partial charge < -0.3 is 20.4 Å². The quantitative estimate of drug-likeness (QED) is 0.484. The highest BCUT2D eigenvalue weighted by Crippen LogP contribution is 2.27. The summed E-state index contributed by atoms with van der Waals surface area (Å²) >= 11 is 5.77. The minimum Gasteiger partial charge on any atom is -0.490 e. The summed E-state index contributed by atoms with van der Waals surface area (Å²) < 4.78 is 33.4. The van der Waals surface area contributed by atoms with Crippen LogP contribution in [0.4, 0.5) is 8.78 Å². The molecule has 0 amide bonds. The van der Waals surface area contributed by atoms with E-state index in [0.29, 0.717) is 29.0 Å². The van der Waals surface area contributed by atoms with Crippen molar-refractivity contribution in [2.75, 3.05) is 33.3 Å². The minimum absolute atomic E-state index is 0.00377. The van der Waals surface area contributed by atoms with E-state index in [1.54, 1.807) is 12.1 Å². The summed E-state index contributed by atoms with van der Waals surface area (Å²) in [5.74, 6) is -0.375. The predicted molar refractivity (Wildman–Crippen MR) is 103 cm³/mol. The number of aromatic amines is 1. The van der Waals surface area contributed by atoms with Crippen LogP contribution < -0.4 is 15.4 Å². The molecule has 3 N–H and O–H groups in total. The molecule has 0 saturated carbocycles. The van der Waals surface area contributed by atoms with Gasteiger partial charge in [-0.15, -0.1) is 0 Å². The number of hydrogen-bond acceptors (Lipinski definition) is 4. The fourth-order valence-corrected chi connectivity index (χ4v) is 2.78. The summed E-state index contributed by atoms with van der Waals surface area (Å²) in [5.41, 5.74) is 1.56. The Hall–Kier alpha value is -2.22.